The van der Waals surface area contributed by atoms with Crippen molar-refractivity contribution in [2.24, 2.45) is 5.73 Å². The number of pyridine rings is 1. The largest absolute Gasteiger partial charge is 0.443 e. The third-order valence-corrected chi connectivity index (χ3v) is 7.12. The fraction of sp³-hybridized carbons (Fsp3) is 0.400. The Morgan fingerprint density at radius 1 is 1.16 bits per heavy atom. The smallest absolute Gasteiger partial charge is 0.410 e. The molecule has 0 spiro atoms. The Kier molecular flexibility index (Phi) is 7.04. The number of benzene rings is 1. The van der Waals surface area contributed by atoms with Gasteiger partial charge in [-0.05, 0) is 38.1 Å². The molecule has 3 aromatic heterocycles. The van der Waals surface area contributed by atoms with Crippen molar-refractivity contribution < 1.29 is 19.1 Å². The molecule has 12 heteroatoms. The van der Waals surface area contributed by atoms with E-state index in [1.165, 1.54) is 0 Å². The van der Waals surface area contributed by atoms with Crippen LogP contribution >= 0.6 is 11.3 Å². The van der Waals surface area contributed by atoms with Crippen molar-refractivity contribution >= 4 is 39.2 Å². The van der Waals surface area contributed by atoms with E-state index in [4.69, 9.17) is 20.2 Å². The number of morpholine rings is 1. The van der Waals surface area contributed by atoms with E-state index in [1.807, 2.05) is 46.9 Å². The summed E-state index contributed by atoms with van der Waals surface area (Å²) in [6, 6.07) is 12.8. The highest BCUT2D eigenvalue weighted by atomic mass is 32.1. The van der Waals surface area contributed by atoms with Crippen LogP contribution in [0.4, 0.5) is 4.79 Å². The zero-order valence-electron chi connectivity index (χ0n) is 20.7. The molecular weight excluding hydrogens is 494 g/mol. The Morgan fingerprint density at radius 2 is 1.95 bits per heavy atom. The molecule has 1 fully saturated rings. The first kappa shape index (κ1) is 25.1. The molecule has 4 aromatic rings. The second-order valence-corrected chi connectivity index (χ2v) is 10.6. The van der Waals surface area contributed by atoms with Crippen molar-refractivity contribution in [1.29, 1.82) is 0 Å². The second kappa shape index (κ2) is 10.4. The molecule has 0 aliphatic carbocycles. The van der Waals surface area contributed by atoms with Crippen LogP contribution in [0.25, 0.3) is 15.9 Å². The van der Waals surface area contributed by atoms with Gasteiger partial charge in [-0.3, -0.25) is 9.20 Å². The van der Waals surface area contributed by atoms with E-state index in [9.17, 15) is 9.59 Å². The van der Waals surface area contributed by atoms with Crippen LogP contribution in [0.1, 0.15) is 36.4 Å². The Morgan fingerprint density at radius 3 is 2.70 bits per heavy atom. The maximum absolute atomic E-state index is 12.9. The number of rotatable bonds is 7. The lowest BCUT2D eigenvalue weighted by atomic mass is 10.0. The molecule has 4 heterocycles. The summed E-state index contributed by atoms with van der Waals surface area (Å²) in [4.78, 5) is 31.9. The summed E-state index contributed by atoms with van der Waals surface area (Å²) in [5.74, 6) is 0.177. The quantitative estimate of drug-likeness (QED) is 0.377. The van der Waals surface area contributed by atoms with Crippen LogP contribution in [0.3, 0.4) is 0 Å². The average molecular weight is 524 g/mol. The lowest BCUT2D eigenvalue weighted by Gasteiger charge is -2.26. The number of fused-ring (bicyclic) bond motifs is 2. The summed E-state index contributed by atoms with van der Waals surface area (Å²) in [7, 11) is 0. The number of carbonyl (C=O) groups excluding carboxylic acids is 2. The van der Waals surface area contributed by atoms with Gasteiger partial charge in [0.1, 0.15) is 6.61 Å². The van der Waals surface area contributed by atoms with Crippen molar-refractivity contribution in [3.05, 3.63) is 59.0 Å². The number of amides is 2. The maximum Gasteiger partial charge on any atom is 0.410 e. The number of aromatic nitrogens is 4. The topological polar surface area (TPSA) is 137 Å². The van der Waals surface area contributed by atoms with E-state index in [0.717, 1.165) is 15.2 Å². The molecule has 0 bridgehead atoms. The van der Waals surface area contributed by atoms with E-state index in [2.05, 4.69) is 15.5 Å². The lowest BCUT2D eigenvalue weighted by molar-refractivity contribution is -0.126. The summed E-state index contributed by atoms with van der Waals surface area (Å²) < 4.78 is 13.8. The first-order valence-electron chi connectivity index (χ1n) is 12.1. The standard InChI is InChI=1S/C25H29N7O4S/c1-25(2,26)23(33)28-18(14-21-27-17-7-3-4-8-19(17)37-21)22-30-29-20-9-5-6-16(32(20)22)15-36-24(34)31-10-12-35-13-11-31/h3-9,18H,10-15,26H2,1-2H3,(H,28,33)/t18-/m1/s1. The lowest BCUT2D eigenvalue weighted by Crippen LogP contribution is -2.50. The van der Waals surface area contributed by atoms with Crippen LogP contribution in [0.5, 0.6) is 0 Å². The van der Waals surface area contributed by atoms with Crippen molar-refractivity contribution in [3.8, 4) is 0 Å². The highest BCUT2D eigenvalue weighted by Crippen LogP contribution is 2.27. The van der Waals surface area contributed by atoms with E-state index < -0.39 is 17.7 Å². The van der Waals surface area contributed by atoms with Crippen LogP contribution in [-0.2, 0) is 27.3 Å². The van der Waals surface area contributed by atoms with E-state index in [0.29, 0.717) is 49.9 Å². The van der Waals surface area contributed by atoms with Crippen molar-refractivity contribution in [1.82, 2.24) is 29.8 Å². The number of nitrogens with zero attached hydrogens (tertiary/aromatic N) is 5. The van der Waals surface area contributed by atoms with Crippen molar-refractivity contribution in [2.45, 2.75) is 38.5 Å². The molecule has 1 saturated heterocycles. The number of carbonyl (C=O) groups is 2. The normalized spacial score (nSPS) is 15.2. The fourth-order valence-electron chi connectivity index (χ4n) is 4.08. The van der Waals surface area contributed by atoms with Gasteiger partial charge in [0.15, 0.2) is 11.5 Å². The van der Waals surface area contributed by atoms with Gasteiger partial charge >= 0.3 is 6.09 Å². The van der Waals surface area contributed by atoms with Crippen molar-refractivity contribution in [3.63, 3.8) is 0 Å². The Hall–Kier alpha value is -3.61. The van der Waals surface area contributed by atoms with Crippen LogP contribution in [0.15, 0.2) is 42.5 Å². The van der Waals surface area contributed by atoms with E-state index in [1.54, 1.807) is 30.1 Å². The molecule has 194 valence electrons. The number of hydrogen-bond acceptors (Lipinski definition) is 9. The third kappa shape index (κ3) is 5.55. The first-order valence-corrected chi connectivity index (χ1v) is 12.9. The van der Waals surface area contributed by atoms with Gasteiger partial charge in [0.05, 0.1) is 45.7 Å². The minimum absolute atomic E-state index is 0.0166. The second-order valence-electron chi connectivity index (χ2n) is 9.45. The highest BCUT2D eigenvalue weighted by Gasteiger charge is 2.29. The molecule has 0 unspecified atom stereocenters. The zero-order chi connectivity index (χ0) is 26.0. The van der Waals surface area contributed by atoms with Gasteiger partial charge in [-0.2, -0.15) is 0 Å². The first-order chi connectivity index (χ1) is 17.8. The van der Waals surface area contributed by atoms with Gasteiger partial charge in [-0.15, -0.1) is 21.5 Å². The van der Waals surface area contributed by atoms with Crippen LogP contribution in [0, 0.1) is 0 Å². The molecule has 3 N–H and O–H groups in total. The number of nitrogens with one attached hydrogen (secondary N) is 1. The Labute approximate surface area is 217 Å². The van der Waals surface area contributed by atoms with Crippen molar-refractivity contribution in [2.75, 3.05) is 26.3 Å². The third-order valence-electron chi connectivity index (χ3n) is 6.07. The van der Waals surface area contributed by atoms with Crippen LogP contribution in [-0.4, -0.2) is 68.3 Å². The average Bonchev–Trinajstić information content (AvgIpc) is 3.51. The summed E-state index contributed by atoms with van der Waals surface area (Å²) in [5.41, 5.74) is 7.14. The van der Waals surface area contributed by atoms with Gasteiger partial charge in [-0.25, -0.2) is 9.78 Å². The minimum Gasteiger partial charge on any atom is -0.443 e. The SMILES string of the molecule is CC(C)(N)C(=O)N[C@H](Cc1nc2ccccc2s1)c1nnc2cccc(COC(=O)N3CCOCC3)n12. The molecule has 0 saturated carbocycles. The number of hydrogen-bond donors (Lipinski definition) is 2. The highest BCUT2D eigenvalue weighted by molar-refractivity contribution is 7.18. The molecule has 2 amide bonds. The van der Waals surface area contributed by atoms with Gasteiger partial charge in [-0.1, -0.05) is 18.2 Å². The molecule has 1 aromatic carbocycles. The predicted molar refractivity (Wildman–Crippen MR) is 138 cm³/mol. The molecule has 1 aliphatic rings. The number of nitrogens with two attached hydrogens (primary N) is 1. The molecule has 5 rings (SSSR count). The molecular formula is C25H29N7O4S. The predicted octanol–water partition coefficient (Wildman–Crippen LogP) is 2.45. The fourth-order valence-corrected chi connectivity index (χ4v) is 5.09. The molecule has 1 atom stereocenters. The Balaban J connectivity index is 1.46. The van der Waals surface area contributed by atoms with Gasteiger partial charge in [0.2, 0.25) is 5.91 Å². The molecule has 0 radical (unpaired) electrons. The van der Waals surface area contributed by atoms with E-state index in [-0.39, 0.29) is 12.5 Å². The van der Waals surface area contributed by atoms with Gasteiger partial charge < -0.3 is 25.4 Å². The zero-order valence-corrected chi connectivity index (χ0v) is 21.5. The minimum atomic E-state index is -1.09. The maximum atomic E-state index is 12.9. The van der Waals surface area contributed by atoms with Gasteiger partial charge in [0, 0.05) is 19.5 Å². The molecule has 11 nitrogen and oxygen atoms in total. The number of para-hydroxylation sites is 1. The summed E-state index contributed by atoms with van der Waals surface area (Å²) in [5, 5.41) is 12.6. The van der Waals surface area contributed by atoms with E-state index >= 15 is 0 Å². The van der Waals surface area contributed by atoms with Crippen LogP contribution in [0.2, 0.25) is 0 Å². The summed E-state index contributed by atoms with van der Waals surface area (Å²) >= 11 is 1.56. The van der Waals surface area contributed by atoms with Gasteiger partial charge in [0.25, 0.3) is 0 Å². The summed E-state index contributed by atoms with van der Waals surface area (Å²) in [6.45, 7) is 5.28. The molecule has 37 heavy (non-hydrogen) atoms. The Bertz CT molecular complexity index is 1390. The number of thiazole rings is 1. The van der Waals surface area contributed by atoms with Crippen LogP contribution < -0.4 is 11.1 Å². The summed E-state index contributed by atoms with van der Waals surface area (Å²) in [6.07, 6.45) is -0.0109. The molecule has 1 aliphatic heterocycles. The monoisotopic (exact) mass is 523 g/mol. The number of ether oxygens (including phenoxy) is 2.